The maximum Gasteiger partial charge on any atom is 0.118 e. The van der Waals surface area contributed by atoms with Crippen LogP contribution in [0, 0.1) is 0 Å². The molecule has 1 unspecified atom stereocenters. The predicted octanol–water partition coefficient (Wildman–Crippen LogP) is 0.743. The summed E-state index contributed by atoms with van der Waals surface area (Å²) >= 11 is 0. The van der Waals surface area contributed by atoms with E-state index in [-0.39, 0.29) is 18.9 Å². The first-order chi connectivity index (χ1) is 2.84. The average Bonchev–Trinajstić information content (AvgIpc) is 2.19. The van der Waals surface area contributed by atoms with E-state index in [0.29, 0.717) is 0 Å². The Morgan fingerprint density at radius 1 is 1.83 bits per heavy atom. The Hall–Kier alpha value is -0.110. The molecule has 0 aromatic rings. The molecule has 1 rings (SSSR count). The highest BCUT2D eigenvalue weighted by Crippen LogP contribution is 2.20. The molecule has 2 heteroatoms. The Kier molecular flexibility index (Phi) is 0.804. The summed E-state index contributed by atoms with van der Waals surface area (Å²) in [6, 6.07) is 0. The Morgan fingerprint density at radius 3 is 2.33 bits per heavy atom. The van der Waals surface area contributed by atoms with Gasteiger partial charge in [-0.05, 0) is 6.92 Å². The van der Waals surface area contributed by atoms with E-state index in [1.807, 2.05) is 6.92 Å². The van der Waals surface area contributed by atoms with E-state index in [1.54, 1.807) is 0 Å². The molecule has 0 aromatic carbocycles. The first-order valence-electron chi connectivity index (χ1n) is 2.06. The van der Waals surface area contributed by atoms with Crippen molar-refractivity contribution in [2.45, 2.75) is 19.1 Å². The number of hydrogen-bond acceptors (Lipinski definition) is 1. The number of alkyl halides is 1. The normalized spacial score (nSPS) is 43.0. The van der Waals surface area contributed by atoms with Crippen LogP contribution in [0.25, 0.3) is 0 Å². The third-order valence-electron chi connectivity index (χ3n) is 0.988. The highest BCUT2D eigenvalue weighted by molar-refractivity contribution is 4.78. The molecule has 0 radical (unpaired) electrons. The van der Waals surface area contributed by atoms with Gasteiger partial charge in [0.2, 0.25) is 0 Å². The highest BCUT2D eigenvalue weighted by Gasteiger charge is 2.33. The van der Waals surface area contributed by atoms with E-state index in [0.717, 1.165) is 0 Å². The van der Waals surface area contributed by atoms with Crippen LogP contribution in [0.5, 0.6) is 0 Å². The third-order valence-corrected chi connectivity index (χ3v) is 0.988. The highest BCUT2D eigenvalue weighted by atomic mass is 19.1. The second kappa shape index (κ2) is 1.19. The van der Waals surface area contributed by atoms with Crippen LogP contribution in [0.4, 0.5) is 4.39 Å². The van der Waals surface area contributed by atoms with Crippen molar-refractivity contribution >= 4 is 0 Å². The van der Waals surface area contributed by atoms with Gasteiger partial charge in [-0.2, -0.15) is 0 Å². The molecule has 0 aliphatic carbocycles. The third kappa shape index (κ3) is 0.522. The predicted molar refractivity (Wildman–Crippen MR) is 20.3 cm³/mol. The largest absolute Gasteiger partial charge is 0.367 e. The first kappa shape index (κ1) is 4.06. The van der Waals surface area contributed by atoms with Crippen LogP contribution in [0.1, 0.15) is 6.92 Å². The van der Waals surface area contributed by atoms with Gasteiger partial charge in [0, 0.05) is 0 Å². The molecule has 0 amide bonds. The zero-order valence-electron chi connectivity index (χ0n) is 3.65. The average molecular weight is 90.1 g/mol. The van der Waals surface area contributed by atoms with Gasteiger partial charge in [-0.15, -0.1) is 0 Å². The molecule has 2 atom stereocenters. The van der Waals surface area contributed by atoms with Crippen molar-refractivity contribution in [1.29, 1.82) is 0 Å². The molecular formula is C4H7FO. The van der Waals surface area contributed by atoms with Crippen LogP contribution < -0.4 is 0 Å². The van der Waals surface area contributed by atoms with Crippen molar-refractivity contribution in [1.82, 2.24) is 0 Å². The fourth-order valence-corrected chi connectivity index (χ4v) is 0.392. The number of halogens is 1. The van der Waals surface area contributed by atoms with Gasteiger partial charge < -0.3 is 4.74 Å². The van der Waals surface area contributed by atoms with E-state index in [2.05, 4.69) is 0 Å². The minimum atomic E-state index is -0.318. The van der Waals surface area contributed by atoms with Crippen LogP contribution in [-0.2, 0) is 4.74 Å². The Labute approximate surface area is 36.1 Å². The smallest absolute Gasteiger partial charge is 0.118 e. The lowest BCUT2D eigenvalue weighted by Gasteiger charge is -1.69. The minimum absolute atomic E-state index is 0.0648. The van der Waals surface area contributed by atoms with Crippen molar-refractivity contribution in [3.8, 4) is 0 Å². The second-order valence-corrected chi connectivity index (χ2v) is 1.53. The van der Waals surface area contributed by atoms with Gasteiger partial charge in [0.1, 0.15) is 12.8 Å². The molecule has 1 aliphatic heterocycles. The molecule has 1 fully saturated rings. The van der Waals surface area contributed by atoms with Crippen molar-refractivity contribution in [2.24, 2.45) is 0 Å². The quantitative estimate of drug-likeness (QED) is 0.433. The monoisotopic (exact) mass is 90.0 g/mol. The maximum atomic E-state index is 11.3. The fourth-order valence-electron chi connectivity index (χ4n) is 0.392. The Morgan fingerprint density at radius 2 is 2.33 bits per heavy atom. The maximum absolute atomic E-state index is 11.3. The summed E-state index contributed by atoms with van der Waals surface area (Å²) in [6.07, 6.45) is 0.125. The molecule has 6 heavy (non-hydrogen) atoms. The number of ether oxygens (including phenoxy) is 1. The zero-order valence-corrected chi connectivity index (χ0v) is 3.65. The van der Waals surface area contributed by atoms with E-state index in [9.17, 15) is 4.39 Å². The lowest BCUT2D eigenvalue weighted by Crippen LogP contribution is -1.88. The summed E-state index contributed by atoms with van der Waals surface area (Å²) in [4.78, 5) is 0. The standard InChI is InChI=1S/C4H7FO/c1-3-4(2-5)6-3/h3-4H,2H2,1H3/t3-,4?/m0/s1. The van der Waals surface area contributed by atoms with Gasteiger partial charge in [0.25, 0.3) is 0 Å². The van der Waals surface area contributed by atoms with Gasteiger partial charge >= 0.3 is 0 Å². The van der Waals surface area contributed by atoms with Crippen molar-refractivity contribution in [3.05, 3.63) is 0 Å². The van der Waals surface area contributed by atoms with E-state index in [1.165, 1.54) is 0 Å². The van der Waals surface area contributed by atoms with Crippen molar-refractivity contribution < 1.29 is 9.13 Å². The van der Waals surface area contributed by atoms with Gasteiger partial charge in [-0.3, -0.25) is 0 Å². The van der Waals surface area contributed by atoms with E-state index < -0.39 is 0 Å². The molecule has 0 spiro atoms. The van der Waals surface area contributed by atoms with Gasteiger partial charge in [-0.25, -0.2) is 4.39 Å². The van der Waals surface area contributed by atoms with Gasteiger partial charge in [-0.1, -0.05) is 0 Å². The lowest BCUT2D eigenvalue weighted by molar-refractivity contribution is 0.334. The molecule has 0 N–H and O–H groups in total. The number of rotatable bonds is 1. The minimum Gasteiger partial charge on any atom is -0.367 e. The topological polar surface area (TPSA) is 12.5 Å². The molecule has 1 nitrogen and oxygen atoms in total. The molecule has 36 valence electrons. The summed E-state index contributed by atoms with van der Waals surface area (Å²) < 4.78 is 16.0. The summed E-state index contributed by atoms with van der Waals surface area (Å²) in [5.74, 6) is 0. The molecule has 0 bridgehead atoms. The van der Waals surface area contributed by atoms with Gasteiger partial charge in [0.15, 0.2) is 0 Å². The number of hydrogen-bond donors (Lipinski definition) is 0. The summed E-state index contributed by atoms with van der Waals surface area (Å²) in [5, 5.41) is 0. The Balaban J connectivity index is 2.09. The van der Waals surface area contributed by atoms with Crippen molar-refractivity contribution in [3.63, 3.8) is 0 Å². The van der Waals surface area contributed by atoms with Crippen LogP contribution >= 0.6 is 0 Å². The molecule has 1 saturated heterocycles. The molecule has 1 heterocycles. The van der Waals surface area contributed by atoms with Crippen LogP contribution in [0.15, 0.2) is 0 Å². The zero-order chi connectivity index (χ0) is 4.57. The molecule has 1 aliphatic rings. The number of epoxide rings is 1. The lowest BCUT2D eigenvalue weighted by atomic mass is 10.4. The summed E-state index contributed by atoms with van der Waals surface area (Å²) in [7, 11) is 0. The molecular weight excluding hydrogens is 83.0 g/mol. The van der Waals surface area contributed by atoms with Crippen molar-refractivity contribution in [2.75, 3.05) is 6.67 Å². The SMILES string of the molecule is C[C@@H]1OC1CF. The first-order valence-corrected chi connectivity index (χ1v) is 2.06. The molecule has 0 aromatic heterocycles. The Bertz CT molecular complexity index is 53.5. The van der Waals surface area contributed by atoms with E-state index >= 15 is 0 Å². The van der Waals surface area contributed by atoms with Gasteiger partial charge in [0.05, 0.1) is 6.10 Å². The second-order valence-electron chi connectivity index (χ2n) is 1.53. The van der Waals surface area contributed by atoms with E-state index in [4.69, 9.17) is 4.74 Å². The summed E-state index contributed by atoms with van der Waals surface area (Å²) in [6.45, 7) is 1.55. The van der Waals surface area contributed by atoms with Crippen LogP contribution in [-0.4, -0.2) is 18.9 Å². The molecule has 0 saturated carbocycles. The summed E-state index contributed by atoms with van der Waals surface area (Å²) in [5.41, 5.74) is 0. The fraction of sp³-hybridized carbons (Fsp3) is 1.00. The van der Waals surface area contributed by atoms with Crippen LogP contribution in [0.3, 0.4) is 0 Å². The van der Waals surface area contributed by atoms with Crippen LogP contribution in [0.2, 0.25) is 0 Å².